The van der Waals surface area contributed by atoms with Gasteiger partial charge in [0.15, 0.2) is 0 Å². The van der Waals surface area contributed by atoms with Crippen LogP contribution in [0, 0.1) is 11.8 Å². The van der Waals surface area contributed by atoms with Crippen molar-refractivity contribution in [1.29, 1.82) is 0 Å². The van der Waals surface area contributed by atoms with Gasteiger partial charge < -0.3 is 21.3 Å². The number of hydrogen-bond acceptors (Lipinski definition) is 2. The van der Waals surface area contributed by atoms with E-state index in [0.717, 1.165) is 25.7 Å². The van der Waals surface area contributed by atoms with Crippen LogP contribution < -0.4 is 21.3 Å². The summed E-state index contributed by atoms with van der Waals surface area (Å²) in [5.74, 6) is 0.790. The van der Waals surface area contributed by atoms with E-state index in [2.05, 4.69) is 21.3 Å². The van der Waals surface area contributed by atoms with Crippen molar-refractivity contribution in [2.24, 2.45) is 11.8 Å². The largest absolute Gasteiger partial charge is 0.338 e. The molecule has 2 aromatic carbocycles. The van der Waals surface area contributed by atoms with Crippen molar-refractivity contribution in [2.45, 2.75) is 25.7 Å². The summed E-state index contributed by atoms with van der Waals surface area (Å²) in [6.07, 6.45) is 4.20. The summed E-state index contributed by atoms with van der Waals surface area (Å²) in [4.78, 5) is 24.2. The molecule has 1 aliphatic rings. The zero-order chi connectivity index (χ0) is 21.3. The third-order valence-electron chi connectivity index (χ3n) is 5.16. The first-order valence-electron chi connectivity index (χ1n) is 10.1. The van der Waals surface area contributed by atoms with Crippen molar-refractivity contribution in [3.63, 3.8) is 0 Å². The Kier molecular flexibility index (Phi) is 8.22. The van der Waals surface area contributed by atoms with Crippen molar-refractivity contribution < 1.29 is 9.59 Å². The summed E-state index contributed by atoms with van der Waals surface area (Å²) in [5.41, 5.74) is 1.33. The first-order valence-corrected chi connectivity index (χ1v) is 10.8. The van der Waals surface area contributed by atoms with E-state index in [-0.39, 0.29) is 12.1 Å². The van der Waals surface area contributed by atoms with Gasteiger partial charge in [0, 0.05) is 34.5 Å². The first-order chi connectivity index (χ1) is 14.5. The van der Waals surface area contributed by atoms with Crippen LogP contribution in [-0.2, 0) is 0 Å². The Hall–Kier alpha value is -2.44. The molecule has 1 saturated carbocycles. The van der Waals surface area contributed by atoms with E-state index in [1.807, 2.05) is 0 Å². The van der Waals surface area contributed by atoms with Gasteiger partial charge in [0.2, 0.25) is 0 Å². The van der Waals surface area contributed by atoms with E-state index >= 15 is 0 Å². The molecule has 4 amide bonds. The van der Waals surface area contributed by atoms with Crippen LogP contribution in [0.15, 0.2) is 48.5 Å². The molecule has 0 aliphatic heterocycles. The molecule has 0 heterocycles. The minimum absolute atomic E-state index is 0.238. The summed E-state index contributed by atoms with van der Waals surface area (Å²) in [7, 11) is 0. The summed E-state index contributed by atoms with van der Waals surface area (Å²) in [5, 5.41) is 12.6. The predicted octanol–water partition coefficient (Wildman–Crippen LogP) is 5.74. The molecule has 4 N–H and O–H groups in total. The molecule has 0 spiro atoms. The lowest BCUT2D eigenvalue weighted by molar-refractivity contribution is 0.230. The van der Waals surface area contributed by atoms with Gasteiger partial charge in [-0.15, -0.1) is 0 Å². The Balaban J connectivity index is 1.37. The molecule has 0 radical (unpaired) electrons. The van der Waals surface area contributed by atoms with Gasteiger partial charge in [-0.25, -0.2) is 9.59 Å². The quantitative estimate of drug-likeness (QED) is 0.453. The minimum atomic E-state index is -0.238. The Morgan fingerprint density at radius 3 is 1.70 bits per heavy atom. The number of carbonyl (C=O) groups is 2. The van der Waals surface area contributed by atoms with Crippen LogP contribution in [-0.4, -0.2) is 25.2 Å². The van der Waals surface area contributed by atoms with E-state index in [4.69, 9.17) is 23.2 Å². The van der Waals surface area contributed by atoms with Gasteiger partial charge in [-0.1, -0.05) is 41.8 Å². The van der Waals surface area contributed by atoms with Gasteiger partial charge in [-0.3, -0.25) is 0 Å². The predicted molar refractivity (Wildman–Crippen MR) is 122 cm³/mol. The van der Waals surface area contributed by atoms with Crippen molar-refractivity contribution in [3.8, 4) is 0 Å². The van der Waals surface area contributed by atoms with Crippen LogP contribution in [0.3, 0.4) is 0 Å². The Morgan fingerprint density at radius 2 is 1.27 bits per heavy atom. The van der Waals surface area contributed by atoms with Crippen molar-refractivity contribution in [2.75, 3.05) is 23.7 Å². The van der Waals surface area contributed by atoms with E-state index in [0.29, 0.717) is 46.3 Å². The van der Waals surface area contributed by atoms with Crippen LogP contribution in [0.1, 0.15) is 25.7 Å². The molecule has 6 nitrogen and oxygen atoms in total. The second kappa shape index (κ2) is 11.1. The monoisotopic (exact) mass is 448 g/mol. The van der Waals surface area contributed by atoms with Gasteiger partial charge in [0.25, 0.3) is 0 Å². The van der Waals surface area contributed by atoms with Crippen molar-refractivity contribution >= 4 is 46.6 Å². The summed E-state index contributed by atoms with van der Waals surface area (Å²) >= 11 is 11.9. The molecule has 30 heavy (non-hydrogen) atoms. The molecule has 0 saturated heterocycles. The lowest BCUT2D eigenvalue weighted by Crippen LogP contribution is -2.38. The van der Waals surface area contributed by atoms with Crippen LogP contribution >= 0.6 is 23.2 Å². The maximum atomic E-state index is 12.1. The summed E-state index contributed by atoms with van der Waals surface area (Å²) in [6.45, 7) is 1.22. The highest BCUT2D eigenvalue weighted by Crippen LogP contribution is 2.28. The molecule has 0 aromatic heterocycles. The topological polar surface area (TPSA) is 82.3 Å². The third-order valence-corrected chi connectivity index (χ3v) is 5.63. The average molecular weight is 449 g/mol. The zero-order valence-corrected chi connectivity index (χ0v) is 18.1. The van der Waals surface area contributed by atoms with E-state index < -0.39 is 0 Å². The van der Waals surface area contributed by atoms with Gasteiger partial charge in [0.1, 0.15) is 0 Å². The highest BCUT2D eigenvalue weighted by molar-refractivity contribution is 6.31. The highest BCUT2D eigenvalue weighted by atomic mass is 35.5. The molecule has 8 heteroatoms. The van der Waals surface area contributed by atoms with Crippen LogP contribution in [0.25, 0.3) is 0 Å². The first kappa shape index (κ1) is 22.2. The highest BCUT2D eigenvalue weighted by Gasteiger charge is 2.23. The summed E-state index contributed by atoms with van der Waals surface area (Å²) < 4.78 is 0. The molecular formula is C22H26Cl2N4O2. The molecule has 0 bridgehead atoms. The number of hydrogen-bond donors (Lipinski definition) is 4. The minimum Gasteiger partial charge on any atom is -0.338 e. The second-order valence-electron chi connectivity index (χ2n) is 7.59. The molecule has 2 atom stereocenters. The Labute approximate surface area is 186 Å². The number of carbonyl (C=O) groups excluding carboxylic acids is 2. The number of urea groups is 2. The number of anilines is 2. The van der Waals surface area contributed by atoms with Gasteiger partial charge in [-0.05, 0) is 67.5 Å². The number of nitrogens with one attached hydrogen (secondary N) is 4. The normalized spacial score (nSPS) is 18.3. The van der Waals surface area contributed by atoms with Crippen molar-refractivity contribution in [3.05, 3.63) is 58.6 Å². The van der Waals surface area contributed by atoms with Gasteiger partial charge in [-0.2, -0.15) is 0 Å². The smallest absolute Gasteiger partial charge is 0.319 e. The maximum Gasteiger partial charge on any atom is 0.319 e. The number of halogens is 2. The van der Waals surface area contributed by atoms with E-state index in [9.17, 15) is 9.59 Å². The molecule has 0 unspecified atom stereocenters. The molecular weight excluding hydrogens is 423 g/mol. The lowest BCUT2D eigenvalue weighted by atomic mass is 9.81. The van der Waals surface area contributed by atoms with Crippen molar-refractivity contribution in [1.82, 2.24) is 10.6 Å². The number of benzene rings is 2. The van der Waals surface area contributed by atoms with Crippen LogP contribution in [0.4, 0.5) is 21.0 Å². The maximum absolute atomic E-state index is 12.1. The van der Waals surface area contributed by atoms with Gasteiger partial charge >= 0.3 is 12.1 Å². The summed E-state index contributed by atoms with van der Waals surface area (Å²) in [6, 6.07) is 13.6. The SMILES string of the molecule is O=C(NC[C@@H]1CCC[C@@H](CNC(=O)Nc2cccc(Cl)c2)C1)Nc1cccc(Cl)c1. The fraction of sp³-hybridized carbons (Fsp3) is 0.364. The van der Waals surface area contributed by atoms with Gasteiger partial charge in [0.05, 0.1) is 0 Å². The van der Waals surface area contributed by atoms with Crippen LogP contribution in [0.5, 0.6) is 0 Å². The molecule has 1 aliphatic carbocycles. The fourth-order valence-corrected chi connectivity index (χ4v) is 4.11. The number of rotatable bonds is 6. The lowest BCUT2D eigenvalue weighted by Gasteiger charge is -2.29. The Morgan fingerprint density at radius 1 is 0.800 bits per heavy atom. The molecule has 1 fully saturated rings. The second-order valence-corrected chi connectivity index (χ2v) is 8.46. The average Bonchev–Trinajstić information content (AvgIpc) is 2.71. The number of amides is 4. The Bertz CT molecular complexity index is 808. The molecule has 160 valence electrons. The standard InChI is InChI=1S/C22H26Cl2N4O2/c23-17-6-2-8-19(11-17)27-21(29)25-13-15-4-1-5-16(10-15)14-26-22(30)28-20-9-3-7-18(24)12-20/h2-3,6-9,11-12,15-16H,1,4-5,10,13-14H2,(H2,25,27,29)(H2,26,28,30)/t15-,16-/m1/s1. The third kappa shape index (κ3) is 7.43. The van der Waals surface area contributed by atoms with Crippen LogP contribution in [0.2, 0.25) is 10.0 Å². The van der Waals surface area contributed by atoms with E-state index in [1.54, 1.807) is 48.5 Å². The molecule has 3 rings (SSSR count). The molecule has 2 aromatic rings. The fourth-order valence-electron chi connectivity index (χ4n) is 3.73. The van der Waals surface area contributed by atoms with E-state index in [1.165, 1.54) is 0 Å². The zero-order valence-electron chi connectivity index (χ0n) is 16.6.